The average molecular weight is 348 g/mol. The standard InChI is InChI=1S/C20H20N4O2/c1-13-6-7-15(14(2)11-13)12-24-17(8-9-18(24)25)20-22-19(23-26-20)16-5-3-4-10-21-16/h3-7,10-11,17H,8-9,12H2,1-2H3. The fourth-order valence-electron chi connectivity index (χ4n) is 3.36. The van der Waals surface area contributed by atoms with E-state index in [4.69, 9.17) is 4.52 Å². The smallest absolute Gasteiger partial charge is 0.249 e. The van der Waals surface area contributed by atoms with Crippen molar-refractivity contribution in [1.82, 2.24) is 20.0 Å². The maximum absolute atomic E-state index is 12.4. The zero-order chi connectivity index (χ0) is 18.1. The number of carbonyl (C=O) groups excluding carboxylic acids is 1. The maximum atomic E-state index is 12.4. The molecule has 132 valence electrons. The zero-order valence-corrected chi connectivity index (χ0v) is 14.8. The SMILES string of the molecule is Cc1ccc(CN2C(=O)CCC2c2nc(-c3ccccn3)no2)c(C)c1. The minimum Gasteiger partial charge on any atom is -0.337 e. The van der Waals surface area contributed by atoms with Crippen LogP contribution in [-0.2, 0) is 11.3 Å². The molecule has 0 radical (unpaired) electrons. The molecule has 26 heavy (non-hydrogen) atoms. The lowest BCUT2D eigenvalue weighted by Gasteiger charge is -2.23. The summed E-state index contributed by atoms with van der Waals surface area (Å²) in [7, 11) is 0. The van der Waals surface area contributed by atoms with Crippen LogP contribution in [0.1, 0.15) is 41.5 Å². The molecular formula is C20H20N4O2. The molecule has 6 heteroatoms. The van der Waals surface area contributed by atoms with Crippen molar-refractivity contribution < 1.29 is 9.32 Å². The van der Waals surface area contributed by atoms with Crippen LogP contribution in [0.4, 0.5) is 0 Å². The van der Waals surface area contributed by atoms with Crippen LogP contribution in [0.2, 0.25) is 0 Å². The molecule has 0 N–H and O–H groups in total. The summed E-state index contributed by atoms with van der Waals surface area (Å²) in [5, 5.41) is 4.04. The van der Waals surface area contributed by atoms with E-state index in [1.807, 2.05) is 23.1 Å². The predicted octanol–water partition coefficient (Wildman–Crippen LogP) is 3.61. The summed E-state index contributed by atoms with van der Waals surface area (Å²) < 4.78 is 5.47. The van der Waals surface area contributed by atoms with Crippen LogP contribution >= 0.6 is 0 Å². The number of rotatable bonds is 4. The third kappa shape index (κ3) is 3.10. The second kappa shape index (κ2) is 6.71. The Hall–Kier alpha value is -3.02. The first kappa shape index (κ1) is 16.4. The molecule has 1 unspecified atom stereocenters. The summed E-state index contributed by atoms with van der Waals surface area (Å²) in [5.41, 5.74) is 4.20. The van der Waals surface area contributed by atoms with Crippen LogP contribution in [0.3, 0.4) is 0 Å². The van der Waals surface area contributed by atoms with Crippen molar-refractivity contribution in [1.29, 1.82) is 0 Å². The average Bonchev–Trinajstić information content (AvgIpc) is 3.26. The van der Waals surface area contributed by atoms with Crippen molar-refractivity contribution in [3.05, 3.63) is 65.2 Å². The fourth-order valence-corrected chi connectivity index (χ4v) is 3.36. The van der Waals surface area contributed by atoms with Crippen molar-refractivity contribution >= 4 is 5.91 Å². The van der Waals surface area contributed by atoms with E-state index in [0.29, 0.717) is 36.8 Å². The number of hydrogen-bond acceptors (Lipinski definition) is 5. The van der Waals surface area contributed by atoms with Crippen LogP contribution < -0.4 is 0 Å². The first-order valence-electron chi connectivity index (χ1n) is 8.72. The quantitative estimate of drug-likeness (QED) is 0.720. The van der Waals surface area contributed by atoms with E-state index >= 15 is 0 Å². The van der Waals surface area contributed by atoms with E-state index in [9.17, 15) is 4.79 Å². The number of pyridine rings is 1. The Kier molecular flexibility index (Phi) is 4.24. The van der Waals surface area contributed by atoms with E-state index in [1.165, 1.54) is 11.1 Å². The Balaban J connectivity index is 1.59. The lowest BCUT2D eigenvalue weighted by Crippen LogP contribution is -2.27. The fraction of sp³-hybridized carbons (Fsp3) is 0.300. The topological polar surface area (TPSA) is 72.1 Å². The van der Waals surface area contributed by atoms with Gasteiger partial charge in [-0.15, -0.1) is 0 Å². The molecule has 0 spiro atoms. The highest BCUT2D eigenvalue weighted by Gasteiger charge is 2.36. The van der Waals surface area contributed by atoms with Gasteiger partial charge in [0.05, 0.1) is 0 Å². The Morgan fingerprint density at radius 1 is 1.23 bits per heavy atom. The number of likely N-dealkylation sites (tertiary alicyclic amines) is 1. The second-order valence-electron chi connectivity index (χ2n) is 6.68. The van der Waals surface area contributed by atoms with Crippen molar-refractivity contribution in [2.24, 2.45) is 0 Å². The first-order valence-corrected chi connectivity index (χ1v) is 8.72. The zero-order valence-electron chi connectivity index (χ0n) is 14.8. The maximum Gasteiger partial charge on any atom is 0.249 e. The lowest BCUT2D eigenvalue weighted by molar-refractivity contribution is -0.130. The van der Waals surface area contributed by atoms with E-state index in [1.54, 1.807) is 6.20 Å². The van der Waals surface area contributed by atoms with Crippen molar-refractivity contribution in [2.45, 2.75) is 39.3 Å². The first-order chi connectivity index (χ1) is 12.6. The van der Waals surface area contributed by atoms with Gasteiger partial charge >= 0.3 is 0 Å². The molecule has 6 nitrogen and oxygen atoms in total. The van der Waals surface area contributed by atoms with Gasteiger partial charge in [-0.3, -0.25) is 9.78 Å². The highest BCUT2D eigenvalue weighted by molar-refractivity contribution is 5.79. The summed E-state index contributed by atoms with van der Waals surface area (Å²) in [4.78, 5) is 23.0. The molecule has 0 aliphatic carbocycles. The van der Waals surface area contributed by atoms with E-state index in [2.05, 4.69) is 47.2 Å². The van der Waals surface area contributed by atoms with Crippen LogP contribution in [-0.4, -0.2) is 25.9 Å². The third-order valence-electron chi connectivity index (χ3n) is 4.79. The number of nitrogens with zero attached hydrogens (tertiary/aromatic N) is 4. The lowest BCUT2D eigenvalue weighted by atomic mass is 10.0. The minimum atomic E-state index is -0.187. The Morgan fingerprint density at radius 2 is 2.12 bits per heavy atom. The van der Waals surface area contributed by atoms with Gasteiger partial charge in [0.1, 0.15) is 11.7 Å². The Morgan fingerprint density at radius 3 is 2.88 bits per heavy atom. The molecule has 0 saturated carbocycles. The summed E-state index contributed by atoms with van der Waals surface area (Å²) in [5.74, 6) is 1.04. The van der Waals surface area contributed by atoms with E-state index in [0.717, 1.165) is 5.56 Å². The highest BCUT2D eigenvalue weighted by atomic mass is 16.5. The van der Waals surface area contributed by atoms with Crippen molar-refractivity contribution in [3.8, 4) is 11.5 Å². The molecule has 1 aromatic carbocycles. The van der Waals surface area contributed by atoms with E-state index < -0.39 is 0 Å². The molecule has 1 fully saturated rings. The molecule has 2 aromatic heterocycles. The molecule has 0 bridgehead atoms. The van der Waals surface area contributed by atoms with Crippen LogP contribution in [0, 0.1) is 13.8 Å². The van der Waals surface area contributed by atoms with Crippen molar-refractivity contribution in [2.75, 3.05) is 0 Å². The van der Waals surface area contributed by atoms with E-state index in [-0.39, 0.29) is 11.9 Å². The van der Waals surface area contributed by atoms with Gasteiger partial charge in [-0.1, -0.05) is 35.0 Å². The molecule has 1 aliphatic rings. The Labute approximate surface area is 151 Å². The molecule has 3 heterocycles. The largest absolute Gasteiger partial charge is 0.337 e. The van der Waals surface area contributed by atoms with Gasteiger partial charge in [0.2, 0.25) is 17.6 Å². The number of aromatic nitrogens is 3. The monoisotopic (exact) mass is 348 g/mol. The van der Waals surface area contributed by atoms with Crippen LogP contribution in [0.5, 0.6) is 0 Å². The van der Waals surface area contributed by atoms with Gasteiger partial charge < -0.3 is 9.42 Å². The molecule has 4 rings (SSSR count). The molecule has 3 aromatic rings. The molecule has 1 saturated heterocycles. The van der Waals surface area contributed by atoms with Gasteiger partial charge in [-0.25, -0.2) is 0 Å². The van der Waals surface area contributed by atoms with Crippen LogP contribution in [0.15, 0.2) is 47.1 Å². The van der Waals surface area contributed by atoms with Gasteiger partial charge in [-0.05, 0) is 43.5 Å². The van der Waals surface area contributed by atoms with Crippen molar-refractivity contribution in [3.63, 3.8) is 0 Å². The number of aryl methyl sites for hydroxylation is 2. The minimum absolute atomic E-state index is 0.118. The normalized spacial score (nSPS) is 17.1. The number of benzene rings is 1. The number of carbonyl (C=O) groups is 1. The molecule has 1 aliphatic heterocycles. The number of hydrogen-bond donors (Lipinski definition) is 0. The van der Waals surface area contributed by atoms with Gasteiger partial charge in [-0.2, -0.15) is 4.98 Å². The summed E-state index contributed by atoms with van der Waals surface area (Å²) in [6, 6.07) is 11.7. The molecular weight excluding hydrogens is 328 g/mol. The van der Waals surface area contributed by atoms with Gasteiger partial charge in [0, 0.05) is 19.2 Å². The second-order valence-corrected chi connectivity index (χ2v) is 6.68. The highest BCUT2D eigenvalue weighted by Crippen LogP contribution is 2.34. The van der Waals surface area contributed by atoms with Gasteiger partial charge in [0.25, 0.3) is 0 Å². The summed E-state index contributed by atoms with van der Waals surface area (Å²) in [6.07, 6.45) is 2.88. The molecule has 1 atom stereocenters. The number of amides is 1. The van der Waals surface area contributed by atoms with Gasteiger partial charge in [0.15, 0.2) is 0 Å². The predicted molar refractivity (Wildman–Crippen MR) is 96.0 cm³/mol. The third-order valence-corrected chi connectivity index (χ3v) is 4.79. The summed E-state index contributed by atoms with van der Waals surface area (Å²) >= 11 is 0. The van der Waals surface area contributed by atoms with Crippen LogP contribution in [0.25, 0.3) is 11.5 Å². The Bertz CT molecular complexity index is 936. The molecule has 1 amide bonds. The summed E-state index contributed by atoms with van der Waals surface area (Å²) in [6.45, 7) is 4.69.